The van der Waals surface area contributed by atoms with Crippen molar-refractivity contribution in [2.75, 3.05) is 5.01 Å². The van der Waals surface area contributed by atoms with Crippen molar-refractivity contribution >= 4 is 11.8 Å². The number of hydrogen-bond acceptors (Lipinski definition) is 5. The molecule has 0 aliphatic carbocycles. The Hall–Kier alpha value is -1.63. The average molecular weight is 280 g/mol. The zero-order valence-electron chi connectivity index (χ0n) is 12.1. The van der Waals surface area contributed by atoms with E-state index in [4.69, 9.17) is 20.1 Å². The normalized spacial score (nSPS) is 22.1. The number of rotatable bonds is 2. The van der Waals surface area contributed by atoms with Crippen LogP contribution in [0.15, 0.2) is 24.3 Å². The molecule has 1 aromatic rings. The first kappa shape index (κ1) is 14.8. The summed E-state index contributed by atoms with van der Waals surface area (Å²) < 4.78 is 16.0. The molecular formula is C14H20N2O4. The number of amides is 1. The van der Waals surface area contributed by atoms with E-state index in [0.29, 0.717) is 5.69 Å². The van der Waals surface area contributed by atoms with Gasteiger partial charge in [-0.2, -0.15) is 0 Å². The molecule has 2 N–H and O–H groups in total. The number of hydrazine groups is 1. The van der Waals surface area contributed by atoms with Crippen molar-refractivity contribution in [1.29, 1.82) is 0 Å². The molecule has 1 aliphatic heterocycles. The zero-order valence-corrected chi connectivity index (χ0v) is 12.1. The van der Waals surface area contributed by atoms with Crippen LogP contribution in [0.1, 0.15) is 39.5 Å². The maximum absolute atomic E-state index is 11.8. The van der Waals surface area contributed by atoms with Gasteiger partial charge in [0.05, 0.1) is 5.69 Å². The number of hydrogen-bond donors (Lipinski definition) is 1. The number of benzene rings is 1. The van der Waals surface area contributed by atoms with Gasteiger partial charge in [0.25, 0.3) is 0 Å². The molecule has 1 heterocycles. The minimum absolute atomic E-state index is 0.174. The lowest BCUT2D eigenvalue weighted by atomic mass is 10.2. The number of carbonyl (C=O) groups is 1. The van der Waals surface area contributed by atoms with Crippen LogP contribution < -0.4 is 10.9 Å². The van der Waals surface area contributed by atoms with Crippen LogP contribution >= 0.6 is 0 Å². The number of anilines is 1. The third-order valence-corrected chi connectivity index (χ3v) is 2.66. The number of ether oxygens (including phenoxy) is 3. The molecule has 0 unspecified atom stereocenters. The van der Waals surface area contributed by atoms with Crippen molar-refractivity contribution in [2.45, 2.75) is 45.9 Å². The first-order valence-corrected chi connectivity index (χ1v) is 6.45. The molecule has 1 saturated heterocycles. The summed E-state index contributed by atoms with van der Waals surface area (Å²) in [7, 11) is 0. The maximum Gasteiger partial charge on any atom is 0.429 e. The second-order valence-electron chi connectivity index (χ2n) is 5.61. The molecule has 110 valence electrons. The summed E-state index contributed by atoms with van der Waals surface area (Å²) in [6.45, 7) is 7.19. The zero-order chi connectivity index (χ0) is 14.9. The smallest absolute Gasteiger partial charge is 0.429 e. The van der Waals surface area contributed by atoms with Gasteiger partial charge in [0.15, 0.2) is 12.6 Å². The van der Waals surface area contributed by atoms with Crippen molar-refractivity contribution < 1.29 is 19.0 Å². The Balaban J connectivity index is 2.00. The largest absolute Gasteiger partial charge is 0.442 e. The molecule has 0 radical (unpaired) electrons. The summed E-state index contributed by atoms with van der Waals surface area (Å²) in [5, 5.41) is 0.972. The first-order valence-electron chi connectivity index (χ1n) is 6.45. The van der Waals surface area contributed by atoms with Crippen LogP contribution in [0.25, 0.3) is 0 Å². The highest BCUT2D eigenvalue weighted by molar-refractivity contribution is 5.86. The molecular weight excluding hydrogens is 260 g/mol. The van der Waals surface area contributed by atoms with Crippen LogP contribution in [0.3, 0.4) is 0 Å². The molecule has 6 heteroatoms. The minimum Gasteiger partial charge on any atom is -0.442 e. The van der Waals surface area contributed by atoms with Gasteiger partial charge in [0.1, 0.15) is 5.60 Å². The van der Waals surface area contributed by atoms with Crippen LogP contribution in [0, 0.1) is 0 Å². The summed E-state index contributed by atoms with van der Waals surface area (Å²) in [6, 6.07) is 7.04. The van der Waals surface area contributed by atoms with E-state index in [1.165, 1.54) is 0 Å². The van der Waals surface area contributed by atoms with E-state index in [2.05, 4.69) is 0 Å². The minimum atomic E-state index is -0.602. The van der Waals surface area contributed by atoms with E-state index in [9.17, 15) is 4.79 Å². The van der Waals surface area contributed by atoms with Gasteiger partial charge in [-0.1, -0.05) is 12.1 Å². The number of nitrogens with zero attached hydrogens (tertiary/aromatic N) is 1. The first-order chi connectivity index (χ1) is 9.26. The van der Waals surface area contributed by atoms with Crippen molar-refractivity contribution in [2.24, 2.45) is 5.84 Å². The predicted octanol–water partition coefficient (Wildman–Crippen LogP) is 2.69. The monoisotopic (exact) mass is 280 g/mol. The molecule has 1 aliphatic rings. The fraction of sp³-hybridized carbons (Fsp3) is 0.500. The van der Waals surface area contributed by atoms with Gasteiger partial charge < -0.3 is 14.2 Å². The van der Waals surface area contributed by atoms with Gasteiger partial charge in [-0.25, -0.2) is 15.6 Å². The second-order valence-corrected chi connectivity index (χ2v) is 5.61. The van der Waals surface area contributed by atoms with E-state index in [1.807, 2.05) is 6.92 Å². The quantitative estimate of drug-likeness (QED) is 0.512. The molecule has 0 aromatic heterocycles. The van der Waals surface area contributed by atoms with Gasteiger partial charge in [-0.15, -0.1) is 0 Å². The van der Waals surface area contributed by atoms with Crippen molar-refractivity contribution in [3.05, 3.63) is 29.8 Å². The van der Waals surface area contributed by atoms with Gasteiger partial charge in [0, 0.05) is 5.56 Å². The highest BCUT2D eigenvalue weighted by Gasteiger charge is 2.28. The SMILES string of the molecule is CC1OC(c2ccc(N(N)C(=O)OC(C)(C)C)cc2)O1. The van der Waals surface area contributed by atoms with Gasteiger partial charge in [-0.05, 0) is 39.8 Å². The van der Waals surface area contributed by atoms with Crippen molar-refractivity contribution in [3.8, 4) is 0 Å². The maximum atomic E-state index is 11.8. The average Bonchev–Trinajstić information content (AvgIpc) is 2.32. The summed E-state index contributed by atoms with van der Waals surface area (Å²) in [4.78, 5) is 11.8. The fourth-order valence-corrected chi connectivity index (χ4v) is 1.72. The highest BCUT2D eigenvalue weighted by Crippen LogP contribution is 2.32. The van der Waals surface area contributed by atoms with E-state index in [0.717, 1.165) is 10.6 Å². The lowest BCUT2D eigenvalue weighted by Crippen LogP contribution is -2.41. The summed E-state index contributed by atoms with van der Waals surface area (Å²) in [5.41, 5.74) is 0.832. The van der Waals surface area contributed by atoms with Crippen LogP contribution in [0.2, 0.25) is 0 Å². The fourth-order valence-electron chi connectivity index (χ4n) is 1.72. The Morgan fingerprint density at radius 1 is 1.25 bits per heavy atom. The van der Waals surface area contributed by atoms with E-state index >= 15 is 0 Å². The Bertz CT molecular complexity index is 475. The molecule has 0 atom stereocenters. The molecule has 0 saturated carbocycles. The lowest BCUT2D eigenvalue weighted by Gasteiger charge is -2.34. The van der Waals surface area contributed by atoms with Crippen LogP contribution in [0.4, 0.5) is 10.5 Å². The number of carbonyl (C=O) groups excluding carboxylic acids is 1. The number of nitrogens with two attached hydrogens (primary N) is 1. The van der Waals surface area contributed by atoms with Crippen LogP contribution in [-0.2, 0) is 14.2 Å². The van der Waals surface area contributed by atoms with Gasteiger partial charge >= 0.3 is 6.09 Å². The van der Waals surface area contributed by atoms with Crippen molar-refractivity contribution in [1.82, 2.24) is 0 Å². The molecule has 20 heavy (non-hydrogen) atoms. The lowest BCUT2D eigenvalue weighted by molar-refractivity contribution is -0.382. The Morgan fingerprint density at radius 3 is 2.25 bits per heavy atom. The molecule has 1 aromatic carbocycles. The van der Waals surface area contributed by atoms with E-state index < -0.39 is 11.7 Å². The van der Waals surface area contributed by atoms with Crippen LogP contribution in [-0.4, -0.2) is 18.0 Å². The van der Waals surface area contributed by atoms with E-state index in [1.54, 1.807) is 45.0 Å². The molecule has 2 rings (SSSR count). The Morgan fingerprint density at radius 2 is 1.80 bits per heavy atom. The second kappa shape index (κ2) is 5.40. The summed E-state index contributed by atoms with van der Waals surface area (Å²) >= 11 is 0. The van der Waals surface area contributed by atoms with Gasteiger partial charge in [0.2, 0.25) is 0 Å². The molecule has 1 fully saturated rings. The third kappa shape index (κ3) is 3.47. The standard InChI is InChI=1S/C14H20N2O4/c1-9-18-12(19-9)10-5-7-11(8-6-10)16(15)13(17)20-14(2,3)4/h5-9,12H,15H2,1-4H3. The molecule has 0 bridgehead atoms. The van der Waals surface area contributed by atoms with Crippen LogP contribution in [0.5, 0.6) is 0 Å². The highest BCUT2D eigenvalue weighted by atomic mass is 16.9. The Kier molecular flexibility index (Phi) is 3.99. The van der Waals surface area contributed by atoms with E-state index in [-0.39, 0.29) is 12.6 Å². The predicted molar refractivity (Wildman–Crippen MR) is 73.7 cm³/mol. The molecule has 6 nitrogen and oxygen atoms in total. The third-order valence-electron chi connectivity index (χ3n) is 2.66. The molecule has 0 spiro atoms. The van der Waals surface area contributed by atoms with Gasteiger partial charge in [-0.3, -0.25) is 0 Å². The van der Waals surface area contributed by atoms with Crippen molar-refractivity contribution in [3.63, 3.8) is 0 Å². The molecule has 1 amide bonds. The Labute approximate surface area is 118 Å². The summed E-state index contributed by atoms with van der Waals surface area (Å²) in [5.74, 6) is 5.74. The topological polar surface area (TPSA) is 74.0 Å². The summed E-state index contributed by atoms with van der Waals surface area (Å²) in [6.07, 6.45) is -1.12.